The zero-order valence-corrected chi connectivity index (χ0v) is 10.1. The van der Waals surface area contributed by atoms with E-state index in [1.807, 2.05) is 6.92 Å². The number of aliphatic carboxylic acids is 1. The maximum Gasteiger partial charge on any atom is 0.309 e. The Morgan fingerprint density at radius 3 is 2.59 bits per heavy atom. The Labute approximate surface area is 101 Å². The normalized spacial score (nSPS) is 16.2. The molecule has 1 rings (SSSR count). The minimum absolute atomic E-state index is 0.0170. The van der Waals surface area contributed by atoms with E-state index in [4.69, 9.17) is 5.11 Å². The average molecular weight is 238 g/mol. The smallest absolute Gasteiger partial charge is 0.309 e. The molecule has 0 aliphatic carbocycles. The van der Waals surface area contributed by atoms with E-state index in [1.165, 1.54) is 19.1 Å². The second kappa shape index (κ2) is 5.19. The highest BCUT2D eigenvalue weighted by Crippen LogP contribution is 2.34. The molecule has 4 heteroatoms. The average Bonchev–Trinajstić information content (AvgIpc) is 2.25. The van der Waals surface area contributed by atoms with Crippen molar-refractivity contribution in [2.75, 3.05) is 0 Å². The topological polar surface area (TPSA) is 77.8 Å². The van der Waals surface area contributed by atoms with E-state index in [9.17, 15) is 15.0 Å². The lowest BCUT2D eigenvalue weighted by molar-refractivity contribution is -0.152. The first-order valence-corrected chi connectivity index (χ1v) is 5.64. The van der Waals surface area contributed by atoms with E-state index in [-0.39, 0.29) is 5.75 Å². The molecule has 2 unspecified atom stereocenters. The zero-order valence-electron chi connectivity index (χ0n) is 10.1. The van der Waals surface area contributed by atoms with Gasteiger partial charge in [0.2, 0.25) is 0 Å². The number of aromatic hydroxyl groups is 1. The molecule has 0 amide bonds. The van der Waals surface area contributed by atoms with Crippen molar-refractivity contribution in [2.24, 2.45) is 5.92 Å². The molecule has 0 spiro atoms. The number of rotatable bonds is 5. The number of carboxylic acids is 1. The van der Waals surface area contributed by atoms with E-state index >= 15 is 0 Å². The van der Waals surface area contributed by atoms with E-state index in [0.29, 0.717) is 18.4 Å². The van der Waals surface area contributed by atoms with Gasteiger partial charge in [-0.1, -0.05) is 25.5 Å². The van der Waals surface area contributed by atoms with Crippen LogP contribution in [0.5, 0.6) is 5.75 Å². The van der Waals surface area contributed by atoms with Crippen LogP contribution in [0.2, 0.25) is 0 Å². The predicted octanol–water partition coefficient (Wildman–Crippen LogP) is 2.10. The summed E-state index contributed by atoms with van der Waals surface area (Å²) in [6, 6.07) is 6.08. The fraction of sp³-hybridized carbons (Fsp3) is 0.462. The Morgan fingerprint density at radius 2 is 2.12 bits per heavy atom. The van der Waals surface area contributed by atoms with Crippen LogP contribution in [0.3, 0.4) is 0 Å². The number of hydrogen-bond donors (Lipinski definition) is 3. The Balaban J connectivity index is 3.10. The number of carbonyl (C=O) groups is 1. The molecule has 0 aromatic heterocycles. The second-order valence-corrected chi connectivity index (χ2v) is 4.38. The Morgan fingerprint density at radius 1 is 1.47 bits per heavy atom. The third-order valence-electron chi connectivity index (χ3n) is 2.98. The number of phenols is 1. The fourth-order valence-corrected chi connectivity index (χ4v) is 1.96. The highest BCUT2D eigenvalue weighted by Gasteiger charge is 2.38. The summed E-state index contributed by atoms with van der Waals surface area (Å²) in [5.74, 6) is -1.89. The van der Waals surface area contributed by atoms with E-state index in [0.717, 1.165) is 0 Å². The molecule has 94 valence electrons. The molecule has 1 aromatic carbocycles. The molecule has 0 aliphatic heterocycles. The van der Waals surface area contributed by atoms with Crippen molar-refractivity contribution in [1.82, 2.24) is 0 Å². The highest BCUT2D eigenvalue weighted by molar-refractivity contribution is 5.72. The summed E-state index contributed by atoms with van der Waals surface area (Å²) in [4.78, 5) is 11.2. The van der Waals surface area contributed by atoms with Gasteiger partial charge in [0.25, 0.3) is 0 Å². The zero-order chi connectivity index (χ0) is 13.1. The summed E-state index contributed by atoms with van der Waals surface area (Å²) in [7, 11) is 0. The molecule has 3 N–H and O–H groups in total. The van der Waals surface area contributed by atoms with Crippen molar-refractivity contribution in [2.45, 2.75) is 32.3 Å². The SMILES string of the molecule is CCCC(C(=O)O)C(C)(O)c1cccc(O)c1. The van der Waals surface area contributed by atoms with Crippen LogP contribution in [0.15, 0.2) is 24.3 Å². The van der Waals surface area contributed by atoms with E-state index < -0.39 is 17.5 Å². The number of aliphatic hydroxyl groups is 1. The summed E-state index contributed by atoms with van der Waals surface area (Å²) < 4.78 is 0. The van der Waals surface area contributed by atoms with Crippen LogP contribution in [0.4, 0.5) is 0 Å². The van der Waals surface area contributed by atoms with Crippen LogP contribution in [-0.4, -0.2) is 21.3 Å². The quantitative estimate of drug-likeness (QED) is 0.734. The summed E-state index contributed by atoms with van der Waals surface area (Å²) in [6.45, 7) is 3.34. The van der Waals surface area contributed by atoms with Gasteiger partial charge in [-0.3, -0.25) is 4.79 Å². The molecule has 0 heterocycles. The van der Waals surface area contributed by atoms with Crippen LogP contribution in [0.25, 0.3) is 0 Å². The van der Waals surface area contributed by atoms with Gasteiger partial charge in [0.1, 0.15) is 11.4 Å². The van der Waals surface area contributed by atoms with Crippen molar-refractivity contribution in [3.8, 4) is 5.75 Å². The van der Waals surface area contributed by atoms with Gasteiger partial charge >= 0.3 is 5.97 Å². The Hall–Kier alpha value is -1.55. The van der Waals surface area contributed by atoms with Crippen molar-refractivity contribution in [3.63, 3.8) is 0 Å². The van der Waals surface area contributed by atoms with E-state index in [1.54, 1.807) is 12.1 Å². The number of carboxylic acid groups (broad SMARTS) is 1. The molecule has 1 aromatic rings. The molecule has 0 radical (unpaired) electrons. The summed E-state index contributed by atoms with van der Waals surface area (Å²) in [6.07, 6.45) is 1.06. The lowest BCUT2D eigenvalue weighted by Gasteiger charge is -2.30. The molecule has 17 heavy (non-hydrogen) atoms. The molecule has 0 aliphatic rings. The number of hydrogen-bond acceptors (Lipinski definition) is 3. The number of phenolic OH excluding ortho intramolecular Hbond substituents is 1. The van der Waals surface area contributed by atoms with Crippen LogP contribution in [0.1, 0.15) is 32.3 Å². The molecular formula is C13H18O4. The van der Waals surface area contributed by atoms with Gasteiger partial charge in [-0.05, 0) is 31.0 Å². The molecule has 0 bridgehead atoms. The van der Waals surface area contributed by atoms with Crippen LogP contribution in [0, 0.1) is 5.92 Å². The van der Waals surface area contributed by atoms with Gasteiger partial charge in [0, 0.05) is 0 Å². The summed E-state index contributed by atoms with van der Waals surface area (Å²) >= 11 is 0. The van der Waals surface area contributed by atoms with Gasteiger partial charge in [0.05, 0.1) is 5.92 Å². The fourth-order valence-electron chi connectivity index (χ4n) is 1.96. The predicted molar refractivity (Wildman–Crippen MR) is 63.7 cm³/mol. The molecule has 0 fully saturated rings. The van der Waals surface area contributed by atoms with Crippen molar-refractivity contribution in [1.29, 1.82) is 0 Å². The van der Waals surface area contributed by atoms with Crippen LogP contribution >= 0.6 is 0 Å². The highest BCUT2D eigenvalue weighted by atomic mass is 16.4. The maximum atomic E-state index is 11.2. The molecule has 4 nitrogen and oxygen atoms in total. The summed E-state index contributed by atoms with van der Waals surface area (Å²) in [5, 5.41) is 28.9. The second-order valence-electron chi connectivity index (χ2n) is 4.38. The van der Waals surface area contributed by atoms with Gasteiger partial charge in [-0.2, -0.15) is 0 Å². The molecule has 0 saturated heterocycles. The summed E-state index contributed by atoms with van der Waals surface area (Å²) in [5.41, 5.74) is -1.07. The van der Waals surface area contributed by atoms with Crippen molar-refractivity contribution >= 4 is 5.97 Å². The first-order valence-electron chi connectivity index (χ1n) is 5.64. The lowest BCUT2D eigenvalue weighted by atomic mass is 9.80. The van der Waals surface area contributed by atoms with Gasteiger partial charge < -0.3 is 15.3 Å². The number of benzene rings is 1. The van der Waals surface area contributed by atoms with Gasteiger partial charge in [0.15, 0.2) is 0 Å². The van der Waals surface area contributed by atoms with Gasteiger partial charge in [-0.15, -0.1) is 0 Å². The van der Waals surface area contributed by atoms with Crippen molar-refractivity contribution in [3.05, 3.63) is 29.8 Å². The van der Waals surface area contributed by atoms with Crippen LogP contribution in [-0.2, 0) is 10.4 Å². The molecule has 2 atom stereocenters. The minimum atomic E-state index is -1.49. The lowest BCUT2D eigenvalue weighted by Crippen LogP contribution is -2.37. The third kappa shape index (κ3) is 2.97. The van der Waals surface area contributed by atoms with Gasteiger partial charge in [-0.25, -0.2) is 0 Å². The van der Waals surface area contributed by atoms with Crippen LogP contribution < -0.4 is 0 Å². The minimum Gasteiger partial charge on any atom is -0.508 e. The molecular weight excluding hydrogens is 220 g/mol. The Bertz CT molecular complexity index is 398. The standard InChI is InChI=1S/C13H18O4/c1-3-5-11(12(15)16)13(2,17)9-6-4-7-10(14)8-9/h4,6-8,11,14,17H,3,5H2,1-2H3,(H,15,16). The maximum absolute atomic E-state index is 11.2. The monoisotopic (exact) mass is 238 g/mol. The Kier molecular flexibility index (Phi) is 4.12. The third-order valence-corrected chi connectivity index (χ3v) is 2.98. The first kappa shape index (κ1) is 13.5. The first-order chi connectivity index (χ1) is 7.89. The van der Waals surface area contributed by atoms with Crippen molar-refractivity contribution < 1.29 is 20.1 Å². The largest absolute Gasteiger partial charge is 0.508 e. The van der Waals surface area contributed by atoms with E-state index in [2.05, 4.69) is 0 Å². The molecule has 0 saturated carbocycles.